The van der Waals surface area contributed by atoms with Crippen molar-refractivity contribution in [1.29, 1.82) is 0 Å². The molecule has 7 nitrogen and oxygen atoms in total. The second-order valence-corrected chi connectivity index (χ2v) is 7.45. The zero-order chi connectivity index (χ0) is 17.4. The van der Waals surface area contributed by atoms with Crippen LogP contribution in [0, 0.1) is 0 Å². The highest BCUT2D eigenvalue weighted by Gasteiger charge is 2.18. The molecule has 130 valence electrons. The maximum absolute atomic E-state index is 12.5. The van der Waals surface area contributed by atoms with Gasteiger partial charge in [-0.1, -0.05) is 11.3 Å². The number of aromatic nitrogens is 3. The molecule has 3 aromatic rings. The lowest BCUT2D eigenvalue weighted by atomic mass is 10.3. The lowest BCUT2D eigenvalue weighted by Gasteiger charge is -2.04. The van der Waals surface area contributed by atoms with Crippen molar-refractivity contribution in [2.24, 2.45) is 12.0 Å². The van der Waals surface area contributed by atoms with E-state index in [1.807, 2.05) is 12.1 Å². The van der Waals surface area contributed by atoms with Gasteiger partial charge in [0.15, 0.2) is 16.3 Å². The average molecular weight is 376 g/mol. The summed E-state index contributed by atoms with van der Waals surface area (Å²) in [6.07, 6.45) is 3.65. The summed E-state index contributed by atoms with van der Waals surface area (Å²) in [6, 6.07) is 5.58. The van der Waals surface area contributed by atoms with E-state index >= 15 is 0 Å². The number of carbonyl (C=O) groups is 1. The molecule has 0 aliphatic carbocycles. The number of nitrogens with zero attached hydrogens (tertiary/aromatic N) is 4. The molecule has 4 rings (SSSR count). The summed E-state index contributed by atoms with van der Waals surface area (Å²) in [6.45, 7) is 1.01. The number of hydrogen-bond acceptors (Lipinski definition) is 6. The Labute approximate surface area is 151 Å². The second kappa shape index (κ2) is 6.57. The van der Waals surface area contributed by atoms with Crippen molar-refractivity contribution >= 4 is 39.2 Å². The van der Waals surface area contributed by atoms with E-state index in [0.29, 0.717) is 10.5 Å². The van der Waals surface area contributed by atoms with Gasteiger partial charge in [0, 0.05) is 37.7 Å². The highest BCUT2D eigenvalue weighted by molar-refractivity contribution is 7.98. The van der Waals surface area contributed by atoms with Crippen LogP contribution in [0.3, 0.4) is 0 Å². The summed E-state index contributed by atoms with van der Waals surface area (Å²) in [5.74, 6) is 2.08. The average Bonchev–Trinajstić information content (AvgIpc) is 3.29. The highest BCUT2D eigenvalue weighted by Crippen LogP contribution is 2.37. The van der Waals surface area contributed by atoms with Gasteiger partial charge < -0.3 is 14.0 Å². The number of thiazole rings is 1. The molecule has 3 heterocycles. The molecular formula is C16H16N4O3S2. The number of carbonyl (C=O) groups excluding carboxylic acids is 1. The fourth-order valence-electron chi connectivity index (χ4n) is 2.67. The van der Waals surface area contributed by atoms with E-state index in [2.05, 4.69) is 20.9 Å². The van der Waals surface area contributed by atoms with Gasteiger partial charge in [0.05, 0.1) is 10.2 Å². The molecule has 0 bridgehead atoms. The Hall–Kier alpha value is -2.26. The van der Waals surface area contributed by atoms with Crippen LogP contribution in [0.25, 0.3) is 10.2 Å². The SMILES string of the molecule is CSCCn1c(=NC(=O)c2ccnn2C)sc2cc3c(cc21)OCO3. The lowest BCUT2D eigenvalue weighted by molar-refractivity contribution is 0.0989. The summed E-state index contributed by atoms with van der Waals surface area (Å²) in [5, 5.41) is 4.03. The number of benzene rings is 1. The van der Waals surface area contributed by atoms with Crippen LogP contribution in [0.15, 0.2) is 29.4 Å². The maximum Gasteiger partial charge on any atom is 0.297 e. The van der Waals surface area contributed by atoms with E-state index in [0.717, 1.165) is 34.0 Å². The van der Waals surface area contributed by atoms with E-state index in [1.165, 1.54) is 16.0 Å². The summed E-state index contributed by atoms with van der Waals surface area (Å²) in [5.41, 5.74) is 1.46. The van der Waals surface area contributed by atoms with Crippen LogP contribution >= 0.6 is 23.1 Å². The zero-order valence-electron chi connectivity index (χ0n) is 13.8. The van der Waals surface area contributed by atoms with Crippen molar-refractivity contribution in [1.82, 2.24) is 14.3 Å². The molecule has 1 amide bonds. The Morgan fingerprint density at radius 1 is 1.40 bits per heavy atom. The highest BCUT2D eigenvalue weighted by atomic mass is 32.2. The van der Waals surface area contributed by atoms with Gasteiger partial charge in [-0.05, 0) is 12.3 Å². The number of ether oxygens (including phenoxy) is 2. The fourth-order valence-corrected chi connectivity index (χ4v) is 4.10. The second-order valence-electron chi connectivity index (χ2n) is 5.46. The fraction of sp³-hybridized carbons (Fsp3) is 0.312. The van der Waals surface area contributed by atoms with E-state index in [4.69, 9.17) is 9.47 Å². The smallest absolute Gasteiger partial charge is 0.297 e. The largest absolute Gasteiger partial charge is 0.454 e. The Balaban J connectivity index is 1.86. The van der Waals surface area contributed by atoms with E-state index in [9.17, 15) is 4.79 Å². The van der Waals surface area contributed by atoms with Gasteiger partial charge in [-0.15, -0.1) is 0 Å². The van der Waals surface area contributed by atoms with Crippen molar-refractivity contribution in [2.45, 2.75) is 6.54 Å². The normalized spacial score (nSPS) is 13.8. The number of hydrogen-bond donors (Lipinski definition) is 0. The van der Waals surface area contributed by atoms with Crippen LogP contribution in [0.5, 0.6) is 11.5 Å². The number of rotatable bonds is 4. The molecule has 1 aliphatic heterocycles. The van der Waals surface area contributed by atoms with Gasteiger partial charge in [-0.2, -0.15) is 21.9 Å². The molecule has 0 saturated carbocycles. The molecule has 0 unspecified atom stereocenters. The first-order valence-corrected chi connectivity index (χ1v) is 9.87. The zero-order valence-corrected chi connectivity index (χ0v) is 15.4. The van der Waals surface area contributed by atoms with E-state index in [-0.39, 0.29) is 12.7 Å². The summed E-state index contributed by atoms with van der Waals surface area (Å²) >= 11 is 3.22. The Bertz CT molecular complexity index is 1020. The molecular weight excluding hydrogens is 360 g/mol. The molecule has 1 aliphatic rings. The third-order valence-electron chi connectivity index (χ3n) is 3.93. The molecule has 0 fully saturated rings. The van der Waals surface area contributed by atoms with Crippen molar-refractivity contribution in [3.8, 4) is 11.5 Å². The van der Waals surface area contributed by atoms with Crippen molar-refractivity contribution in [3.05, 3.63) is 34.9 Å². The van der Waals surface area contributed by atoms with Gasteiger partial charge in [-0.3, -0.25) is 9.48 Å². The first-order valence-electron chi connectivity index (χ1n) is 7.66. The molecule has 25 heavy (non-hydrogen) atoms. The molecule has 0 saturated heterocycles. The van der Waals surface area contributed by atoms with Gasteiger partial charge in [0.2, 0.25) is 6.79 Å². The topological polar surface area (TPSA) is 70.6 Å². The maximum atomic E-state index is 12.5. The first kappa shape index (κ1) is 16.2. The molecule has 0 atom stereocenters. The molecule has 1 aromatic carbocycles. The standard InChI is InChI=1S/C16H16N4O3S2/c1-19-10(3-4-17-19)15(21)18-16-20(5-6-24-2)11-7-12-13(23-9-22-12)8-14(11)25-16/h3-4,7-8H,5-6,9H2,1-2H3. The third-order valence-corrected chi connectivity index (χ3v) is 5.57. The van der Waals surface area contributed by atoms with Gasteiger partial charge in [0.25, 0.3) is 5.91 Å². The van der Waals surface area contributed by atoms with Crippen LogP contribution in [0.4, 0.5) is 0 Å². The quantitative estimate of drug-likeness (QED) is 0.699. The van der Waals surface area contributed by atoms with Crippen molar-refractivity contribution in [3.63, 3.8) is 0 Å². The van der Waals surface area contributed by atoms with Gasteiger partial charge >= 0.3 is 0 Å². The minimum Gasteiger partial charge on any atom is -0.454 e. The van der Waals surface area contributed by atoms with E-state index in [1.54, 1.807) is 31.1 Å². The Morgan fingerprint density at radius 2 is 2.20 bits per heavy atom. The van der Waals surface area contributed by atoms with Crippen molar-refractivity contribution < 1.29 is 14.3 Å². The van der Waals surface area contributed by atoms with Crippen LogP contribution in [0.1, 0.15) is 10.5 Å². The third kappa shape index (κ3) is 2.93. The molecule has 9 heteroatoms. The molecule has 0 N–H and O–H groups in total. The van der Waals surface area contributed by atoms with E-state index < -0.39 is 0 Å². The number of amides is 1. The van der Waals surface area contributed by atoms with Crippen molar-refractivity contribution in [2.75, 3.05) is 18.8 Å². The monoisotopic (exact) mass is 376 g/mol. The minimum atomic E-state index is -0.301. The Morgan fingerprint density at radius 3 is 2.92 bits per heavy atom. The van der Waals surface area contributed by atoms with Crippen LogP contribution in [-0.4, -0.2) is 39.1 Å². The summed E-state index contributed by atoms with van der Waals surface area (Å²) in [7, 11) is 1.73. The van der Waals surface area contributed by atoms with Crippen LogP contribution in [0.2, 0.25) is 0 Å². The van der Waals surface area contributed by atoms with Gasteiger partial charge in [-0.25, -0.2) is 0 Å². The molecule has 0 spiro atoms. The Kier molecular flexibility index (Phi) is 4.26. The predicted molar refractivity (Wildman–Crippen MR) is 97.4 cm³/mol. The first-order chi connectivity index (χ1) is 12.2. The van der Waals surface area contributed by atoms with Gasteiger partial charge in [0.1, 0.15) is 5.69 Å². The molecule has 2 aromatic heterocycles. The van der Waals surface area contributed by atoms with Crippen LogP contribution in [-0.2, 0) is 13.6 Å². The summed E-state index contributed by atoms with van der Waals surface area (Å²) < 4.78 is 15.5. The number of fused-ring (bicyclic) bond motifs is 2. The lowest BCUT2D eigenvalue weighted by Crippen LogP contribution is -2.19. The minimum absolute atomic E-state index is 0.244. The van der Waals surface area contributed by atoms with Crippen LogP contribution < -0.4 is 14.3 Å². The number of thioether (sulfide) groups is 1. The predicted octanol–water partition coefficient (Wildman–Crippen LogP) is 2.27. The number of aryl methyl sites for hydroxylation is 2. The summed E-state index contributed by atoms with van der Waals surface area (Å²) in [4.78, 5) is 17.5. The molecule has 0 radical (unpaired) electrons.